The van der Waals surface area contributed by atoms with Crippen LogP contribution in [0.1, 0.15) is 159 Å². The summed E-state index contributed by atoms with van der Waals surface area (Å²) in [4.78, 5) is 36.2. The molecule has 0 heterocycles. The number of halogens is 3. The fraction of sp³-hybridized carbons (Fsp3) is 0.517. The van der Waals surface area contributed by atoms with E-state index in [0.29, 0.717) is 46.2 Å². The first-order valence-electron chi connectivity index (χ1n) is 27.0. The van der Waals surface area contributed by atoms with Gasteiger partial charge in [-0.3, -0.25) is 9.59 Å². The van der Waals surface area contributed by atoms with Crippen LogP contribution >= 0.6 is 34.8 Å². The number of alkyl carbamates (subject to hydrolysis) is 1. The van der Waals surface area contributed by atoms with Gasteiger partial charge in [0.25, 0.3) is 5.91 Å². The number of methoxy groups -OCH3 is 1. The lowest BCUT2D eigenvalue weighted by Crippen LogP contribution is -2.40. The lowest BCUT2D eigenvalue weighted by atomic mass is 9.85. The summed E-state index contributed by atoms with van der Waals surface area (Å²) in [6.45, 7) is 10.8. The molecule has 4 unspecified atom stereocenters. The van der Waals surface area contributed by atoms with Gasteiger partial charge >= 0.3 is 6.09 Å². The van der Waals surface area contributed by atoms with Crippen molar-refractivity contribution in [1.29, 1.82) is 0 Å². The number of likely N-dealkylation sites (N-methyl/N-ethyl adjacent to an activating group) is 2. The minimum atomic E-state index is -0.513. The molecule has 0 bridgehead atoms. The predicted octanol–water partition coefficient (Wildman–Crippen LogP) is 12.9. The van der Waals surface area contributed by atoms with E-state index in [9.17, 15) is 14.4 Å². The fourth-order valence-electron chi connectivity index (χ4n) is 10.3. The molecule has 2 aliphatic carbocycles. The molecule has 0 aromatic heterocycles. The van der Waals surface area contributed by atoms with E-state index in [0.717, 1.165) is 76.7 Å². The van der Waals surface area contributed by atoms with Crippen molar-refractivity contribution in [3.8, 4) is 0 Å². The summed E-state index contributed by atoms with van der Waals surface area (Å²) in [6.07, 6.45) is 16.9. The number of aryl methyl sites for hydroxylation is 1. The van der Waals surface area contributed by atoms with Gasteiger partial charge in [0.2, 0.25) is 5.91 Å². The van der Waals surface area contributed by atoms with E-state index in [1.165, 1.54) is 77.7 Å². The van der Waals surface area contributed by atoms with Gasteiger partial charge < -0.3 is 41.4 Å². The minimum Gasteiger partial charge on any atom is -0.453 e. The van der Waals surface area contributed by atoms with Crippen molar-refractivity contribution in [2.24, 2.45) is 11.8 Å². The zero-order valence-corrected chi connectivity index (χ0v) is 46.8. The number of hydrogen-bond donors (Lipinski definition) is 6. The van der Waals surface area contributed by atoms with Gasteiger partial charge in [0, 0.05) is 76.9 Å². The third-order valence-corrected chi connectivity index (χ3v) is 15.3. The molecule has 0 saturated heterocycles. The van der Waals surface area contributed by atoms with Crippen molar-refractivity contribution in [1.82, 2.24) is 31.9 Å². The molecule has 74 heavy (non-hydrogen) atoms. The van der Waals surface area contributed by atoms with Crippen LogP contribution in [0.5, 0.6) is 0 Å². The average Bonchev–Trinajstić information content (AvgIpc) is 3.41. The van der Waals surface area contributed by atoms with Gasteiger partial charge in [0.05, 0.1) is 13.7 Å². The van der Waals surface area contributed by atoms with Crippen molar-refractivity contribution in [3.63, 3.8) is 0 Å². The van der Waals surface area contributed by atoms with Crippen molar-refractivity contribution in [2.75, 3.05) is 54.0 Å². The molecule has 4 atom stereocenters. The number of carbonyl (C=O) groups excluding carboxylic acids is 3. The van der Waals surface area contributed by atoms with Crippen LogP contribution in [0.25, 0.3) is 5.70 Å². The molecule has 2 aliphatic rings. The highest BCUT2D eigenvalue weighted by molar-refractivity contribution is 6.31. The molecule has 2 saturated carbocycles. The van der Waals surface area contributed by atoms with Gasteiger partial charge in [-0.05, 0) is 147 Å². The molecule has 6 N–H and O–H groups in total. The molecule has 0 radical (unpaired) electrons. The second-order valence-corrected chi connectivity index (χ2v) is 21.4. The monoisotopic (exact) mass is 1070 g/mol. The topological polar surface area (TPSA) is 142 Å². The molecule has 11 nitrogen and oxygen atoms in total. The number of hydrogen-bond acceptors (Lipinski definition) is 8. The molecule has 3 amide bonds. The highest BCUT2D eigenvalue weighted by atomic mass is 35.5. The summed E-state index contributed by atoms with van der Waals surface area (Å²) >= 11 is 19.3. The van der Waals surface area contributed by atoms with E-state index >= 15 is 0 Å². The molecular weight excluding hydrogens is 991 g/mol. The Morgan fingerprint density at radius 2 is 1.26 bits per heavy atom. The third-order valence-electron chi connectivity index (χ3n) is 14.6. The van der Waals surface area contributed by atoms with E-state index in [2.05, 4.69) is 55.3 Å². The first-order valence-corrected chi connectivity index (χ1v) is 28.1. The number of carbonyl (C=O) groups is 3. The quantitative estimate of drug-likeness (QED) is 0.0342. The zero-order chi connectivity index (χ0) is 53.2. The highest BCUT2D eigenvalue weighted by Gasteiger charge is 2.23. The normalized spacial score (nSPS) is 15.6. The van der Waals surface area contributed by atoms with E-state index < -0.39 is 12.2 Å². The van der Waals surface area contributed by atoms with Gasteiger partial charge in [-0.15, -0.1) is 0 Å². The molecule has 6 rings (SSSR count). The number of benzene rings is 4. The number of ether oxygens (including phenoxy) is 2. The smallest absolute Gasteiger partial charge is 0.406 e. The van der Waals surface area contributed by atoms with Crippen LogP contribution < -0.4 is 31.9 Å². The van der Waals surface area contributed by atoms with Gasteiger partial charge in [0.1, 0.15) is 6.10 Å². The maximum absolute atomic E-state index is 13.1. The second kappa shape index (κ2) is 32.7. The summed E-state index contributed by atoms with van der Waals surface area (Å²) in [5, 5.41) is 21.2. The first kappa shape index (κ1) is 60.2. The standard InChI is InChI=1S/C31H43Cl2N3O.C29H40ClN3O4/c1-4-31(37)35-15-9-14-30(24-12-8-13-27(32)18-24)26-17-25(19-28(33)20-26)22(2)36-21-29(34-3)16-23-10-6-5-7-11-23;1-20-12-13-23(28(34)33-19-25(31-2)16-21-8-5-4-6-9-21)18-26(20)27(22-10-7-11-24(30)17-22)37-15-14-32-29(35)36-3/h8,12-13,17-20,23,29-30,34,36H,2,4-7,9-11,14-16,21H2,1,3H3,(H,35,37);7,10-13,17-18,21,25,27,31H,4-6,8-9,14-16,19H2,1-3H3,(H,32,35)(H,33,34). The van der Waals surface area contributed by atoms with Crippen LogP contribution in [-0.2, 0) is 14.3 Å². The van der Waals surface area contributed by atoms with Crippen molar-refractivity contribution < 1.29 is 23.9 Å². The van der Waals surface area contributed by atoms with E-state index in [4.69, 9.17) is 39.5 Å². The van der Waals surface area contributed by atoms with Gasteiger partial charge in [0.15, 0.2) is 0 Å². The Hall–Kier alpha value is -4.62. The Morgan fingerprint density at radius 1 is 0.662 bits per heavy atom. The highest BCUT2D eigenvalue weighted by Crippen LogP contribution is 2.35. The van der Waals surface area contributed by atoms with Crippen LogP contribution in [0, 0.1) is 18.8 Å². The summed E-state index contributed by atoms with van der Waals surface area (Å²) in [6, 6.07) is 28.0. The van der Waals surface area contributed by atoms with Crippen molar-refractivity contribution in [3.05, 3.63) is 146 Å². The maximum atomic E-state index is 13.1. The fourth-order valence-corrected chi connectivity index (χ4v) is 11.0. The summed E-state index contributed by atoms with van der Waals surface area (Å²) in [7, 11) is 5.33. The molecule has 4 aromatic carbocycles. The molecular formula is C60H83Cl3N6O5. The van der Waals surface area contributed by atoms with Crippen LogP contribution in [0.2, 0.25) is 15.1 Å². The number of nitrogens with one attached hydrogen (secondary N) is 6. The lowest BCUT2D eigenvalue weighted by molar-refractivity contribution is -0.120. The number of amides is 3. The van der Waals surface area contributed by atoms with Gasteiger partial charge in [-0.25, -0.2) is 4.79 Å². The maximum Gasteiger partial charge on any atom is 0.406 e. The molecule has 404 valence electrons. The molecule has 2 fully saturated rings. The van der Waals surface area contributed by atoms with Crippen molar-refractivity contribution in [2.45, 2.75) is 134 Å². The Balaban J connectivity index is 0.000000274. The average molecular weight is 1070 g/mol. The zero-order valence-electron chi connectivity index (χ0n) is 44.6. The lowest BCUT2D eigenvalue weighted by Gasteiger charge is -2.27. The molecule has 0 spiro atoms. The summed E-state index contributed by atoms with van der Waals surface area (Å²) in [5.41, 5.74) is 7.47. The summed E-state index contributed by atoms with van der Waals surface area (Å²) in [5.74, 6) is 1.63. The van der Waals surface area contributed by atoms with Crippen LogP contribution in [0.4, 0.5) is 4.79 Å². The largest absolute Gasteiger partial charge is 0.453 e. The number of rotatable bonds is 26. The predicted molar refractivity (Wildman–Crippen MR) is 306 cm³/mol. The molecule has 4 aromatic rings. The Kier molecular flexibility index (Phi) is 26.7. The van der Waals surface area contributed by atoms with Crippen LogP contribution in [0.15, 0.2) is 91.5 Å². The van der Waals surface area contributed by atoms with Crippen LogP contribution in [-0.4, -0.2) is 84.0 Å². The summed E-state index contributed by atoms with van der Waals surface area (Å²) < 4.78 is 10.8. The van der Waals surface area contributed by atoms with E-state index in [-0.39, 0.29) is 36.9 Å². The minimum absolute atomic E-state index is 0.0788. The third kappa shape index (κ3) is 20.5. The van der Waals surface area contributed by atoms with E-state index in [1.54, 1.807) is 0 Å². The Bertz CT molecular complexity index is 2370. The van der Waals surface area contributed by atoms with Gasteiger partial charge in [-0.2, -0.15) is 0 Å². The van der Waals surface area contributed by atoms with Crippen molar-refractivity contribution >= 4 is 58.4 Å². The Morgan fingerprint density at radius 3 is 1.85 bits per heavy atom. The van der Waals surface area contributed by atoms with Gasteiger partial charge in [-0.1, -0.05) is 143 Å². The van der Waals surface area contributed by atoms with Crippen LogP contribution in [0.3, 0.4) is 0 Å². The molecule has 14 heteroatoms. The SMILES string of the molecule is C=C(NCC(CC1CCCCC1)NC)c1cc(Cl)cc(C(CCCNC(=O)CC)c2cccc(Cl)c2)c1.CNC(CNC(=O)c1ccc(C)c(C(OCCNC(=O)OC)c2cccc(Cl)c2)c1)CC1CCCCC1. The first-order chi connectivity index (χ1) is 35.8. The molecule has 0 aliphatic heterocycles. The van der Waals surface area contributed by atoms with E-state index in [1.807, 2.05) is 101 Å². The Labute approximate surface area is 457 Å². The second-order valence-electron chi connectivity index (χ2n) is 20.0.